The Morgan fingerprint density at radius 2 is 1.80 bits per heavy atom. The van der Waals surface area contributed by atoms with Gasteiger partial charge in [0.05, 0.1) is 4.47 Å². The SMILES string of the molecule is CC.CC1c2ccccc2SCc2c1ccc(Br)c2F. The Morgan fingerprint density at radius 3 is 2.55 bits per heavy atom. The minimum absolute atomic E-state index is 0.111. The van der Waals surface area contributed by atoms with Crippen LogP contribution in [-0.4, -0.2) is 0 Å². The zero-order chi connectivity index (χ0) is 14.7. The van der Waals surface area contributed by atoms with Gasteiger partial charge >= 0.3 is 0 Å². The summed E-state index contributed by atoms with van der Waals surface area (Å²) in [7, 11) is 0. The molecular weight excluding hydrogens is 335 g/mol. The lowest BCUT2D eigenvalue weighted by atomic mass is 9.90. The van der Waals surface area contributed by atoms with Gasteiger partial charge in [0.15, 0.2) is 0 Å². The van der Waals surface area contributed by atoms with Crippen molar-refractivity contribution in [3.05, 3.63) is 63.4 Å². The molecular formula is C17H18BrFS. The summed E-state index contributed by atoms with van der Waals surface area (Å²) >= 11 is 4.99. The van der Waals surface area contributed by atoms with Gasteiger partial charge in [-0.15, -0.1) is 11.8 Å². The Hall–Kier alpha value is -0.800. The summed E-state index contributed by atoms with van der Waals surface area (Å²) in [6.45, 7) is 6.15. The molecule has 0 amide bonds. The molecule has 2 aromatic carbocycles. The van der Waals surface area contributed by atoms with Gasteiger partial charge in [-0.1, -0.05) is 45.0 Å². The standard InChI is InChI=1S/C15H12BrFS.C2H6/c1-9-10-6-7-13(16)15(17)12(10)8-18-14-5-3-2-4-11(9)14;1-2/h2-7,9H,8H2,1H3;1-2H3. The maximum atomic E-state index is 14.2. The molecule has 1 heterocycles. The highest BCUT2D eigenvalue weighted by Gasteiger charge is 2.23. The Labute approximate surface area is 132 Å². The van der Waals surface area contributed by atoms with Gasteiger partial charge in [0.1, 0.15) is 5.82 Å². The van der Waals surface area contributed by atoms with E-state index in [1.165, 1.54) is 10.5 Å². The van der Waals surface area contributed by atoms with Crippen LogP contribution in [0.2, 0.25) is 0 Å². The third kappa shape index (κ3) is 2.79. The molecule has 1 unspecified atom stereocenters. The molecule has 3 rings (SSSR count). The van der Waals surface area contributed by atoms with Gasteiger partial charge in [-0.25, -0.2) is 4.39 Å². The number of halogens is 2. The van der Waals surface area contributed by atoms with Gasteiger partial charge in [0.25, 0.3) is 0 Å². The second-order valence-corrected chi connectivity index (χ2v) is 6.35. The zero-order valence-corrected chi connectivity index (χ0v) is 14.3. The molecule has 1 aliphatic rings. The van der Waals surface area contributed by atoms with E-state index in [2.05, 4.69) is 41.1 Å². The van der Waals surface area contributed by atoms with Crippen LogP contribution in [0.1, 0.15) is 43.4 Å². The van der Waals surface area contributed by atoms with E-state index < -0.39 is 0 Å². The van der Waals surface area contributed by atoms with Crippen molar-refractivity contribution >= 4 is 27.7 Å². The second-order valence-electron chi connectivity index (χ2n) is 4.48. The fourth-order valence-electron chi connectivity index (χ4n) is 2.45. The number of rotatable bonds is 0. The van der Waals surface area contributed by atoms with Crippen LogP contribution in [0, 0.1) is 5.82 Å². The van der Waals surface area contributed by atoms with E-state index in [-0.39, 0.29) is 11.7 Å². The van der Waals surface area contributed by atoms with Crippen molar-refractivity contribution in [2.24, 2.45) is 0 Å². The minimum atomic E-state index is -0.111. The summed E-state index contributed by atoms with van der Waals surface area (Å²) in [6.07, 6.45) is 0. The van der Waals surface area contributed by atoms with Gasteiger partial charge in [-0.2, -0.15) is 0 Å². The van der Waals surface area contributed by atoms with Crippen LogP contribution < -0.4 is 0 Å². The lowest BCUT2D eigenvalue weighted by Crippen LogP contribution is -2.01. The van der Waals surface area contributed by atoms with Crippen molar-refractivity contribution in [3.8, 4) is 0 Å². The molecule has 0 fully saturated rings. The van der Waals surface area contributed by atoms with Crippen LogP contribution in [0.3, 0.4) is 0 Å². The van der Waals surface area contributed by atoms with Crippen molar-refractivity contribution in [2.45, 2.75) is 37.3 Å². The minimum Gasteiger partial charge on any atom is -0.205 e. The van der Waals surface area contributed by atoms with Crippen LogP contribution >= 0.6 is 27.7 Å². The predicted octanol–water partition coefficient (Wildman–Crippen LogP) is 6.37. The summed E-state index contributed by atoms with van der Waals surface area (Å²) in [4.78, 5) is 1.26. The summed E-state index contributed by atoms with van der Waals surface area (Å²) in [5, 5.41) is 0. The summed E-state index contributed by atoms with van der Waals surface area (Å²) in [5.74, 6) is 0.829. The Morgan fingerprint density at radius 1 is 1.10 bits per heavy atom. The first-order valence-electron chi connectivity index (χ1n) is 6.87. The first-order chi connectivity index (χ1) is 9.68. The van der Waals surface area contributed by atoms with E-state index >= 15 is 0 Å². The smallest absolute Gasteiger partial charge is 0.141 e. The zero-order valence-electron chi connectivity index (χ0n) is 11.9. The van der Waals surface area contributed by atoms with Crippen LogP contribution in [-0.2, 0) is 5.75 Å². The Kier molecular flexibility index (Phi) is 5.28. The van der Waals surface area contributed by atoms with Crippen LogP contribution in [0.15, 0.2) is 45.8 Å². The van der Waals surface area contributed by atoms with Crippen LogP contribution in [0.4, 0.5) is 4.39 Å². The highest BCUT2D eigenvalue weighted by Crippen LogP contribution is 2.42. The van der Waals surface area contributed by atoms with Gasteiger partial charge in [0.2, 0.25) is 0 Å². The molecule has 106 valence electrons. The van der Waals surface area contributed by atoms with Crippen molar-refractivity contribution in [1.29, 1.82) is 0 Å². The highest BCUT2D eigenvalue weighted by atomic mass is 79.9. The van der Waals surface area contributed by atoms with E-state index in [4.69, 9.17) is 0 Å². The predicted molar refractivity (Wildman–Crippen MR) is 89.0 cm³/mol. The van der Waals surface area contributed by atoms with E-state index in [1.807, 2.05) is 32.0 Å². The molecule has 1 aliphatic heterocycles. The van der Waals surface area contributed by atoms with Gasteiger partial charge in [0, 0.05) is 22.1 Å². The lowest BCUT2D eigenvalue weighted by Gasteiger charge is -2.15. The van der Waals surface area contributed by atoms with Crippen LogP contribution in [0.25, 0.3) is 0 Å². The molecule has 2 aromatic rings. The molecule has 0 N–H and O–H groups in total. The molecule has 0 spiro atoms. The number of benzene rings is 2. The topological polar surface area (TPSA) is 0 Å². The second kappa shape index (κ2) is 6.77. The largest absolute Gasteiger partial charge is 0.205 e. The Balaban J connectivity index is 0.000000704. The first kappa shape index (κ1) is 15.6. The molecule has 0 saturated heterocycles. The molecule has 3 heteroatoms. The average Bonchev–Trinajstić information content (AvgIpc) is 2.64. The van der Waals surface area contributed by atoms with E-state index in [0.29, 0.717) is 10.2 Å². The van der Waals surface area contributed by atoms with Gasteiger partial charge in [-0.05, 0) is 39.2 Å². The van der Waals surface area contributed by atoms with Gasteiger partial charge < -0.3 is 0 Å². The molecule has 0 radical (unpaired) electrons. The number of hydrogen-bond acceptors (Lipinski definition) is 1. The van der Waals surface area contributed by atoms with E-state index in [1.54, 1.807) is 11.8 Å². The number of fused-ring (bicyclic) bond motifs is 2. The van der Waals surface area contributed by atoms with E-state index in [0.717, 1.165) is 11.1 Å². The first-order valence-corrected chi connectivity index (χ1v) is 8.65. The maximum Gasteiger partial charge on any atom is 0.141 e. The normalized spacial score (nSPS) is 16.4. The fraction of sp³-hybridized carbons (Fsp3) is 0.294. The van der Waals surface area contributed by atoms with E-state index in [9.17, 15) is 4.39 Å². The third-order valence-electron chi connectivity index (χ3n) is 3.46. The molecule has 0 bridgehead atoms. The molecule has 20 heavy (non-hydrogen) atoms. The third-order valence-corrected chi connectivity index (χ3v) is 5.18. The number of hydrogen-bond donors (Lipinski definition) is 0. The molecule has 0 saturated carbocycles. The average molecular weight is 353 g/mol. The van der Waals surface area contributed by atoms with Crippen molar-refractivity contribution in [3.63, 3.8) is 0 Å². The van der Waals surface area contributed by atoms with Crippen molar-refractivity contribution < 1.29 is 4.39 Å². The van der Waals surface area contributed by atoms with Crippen molar-refractivity contribution in [1.82, 2.24) is 0 Å². The quantitative estimate of drug-likeness (QED) is 0.530. The monoisotopic (exact) mass is 352 g/mol. The summed E-state index contributed by atoms with van der Waals surface area (Å²) < 4.78 is 14.8. The Bertz CT molecular complexity index is 610. The summed E-state index contributed by atoms with van der Waals surface area (Å²) in [6, 6.07) is 12.2. The highest BCUT2D eigenvalue weighted by molar-refractivity contribution is 9.10. The maximum absolute atomic E-state index is 14.2. The molecule has 1 atom stereocenters. The number of thioether (sulfide) groups is 1. The van der Waals surface area contributed by atoms with Crippen LogP contribution in [0.5, 0.6) is 0 Å². The molecule has 0 aliphatic carbocycles. The van der Waals surface area contributed by atoms with Crippen molar-refractivity contribution in [2.75, 3.05) is 0 Å². The lowest BCUT2D eigenvalue weighted by molar-refractivity contribution is 0.606. The summed E-state index contributed by atoms with van der Waals surface area (Å²) in [5.41, 5.74) is 3.23. The van der Waals surface area contributed by atoms with Gasteiger partial charge in [-0.3, -0.25) is 0 Å². The molecule has 0 nitrogen and oxygen atoms in total. The molecule has 0 aromatic heterocycles. The fourth-order valence-corrected chi connectivity index (χ4v) is 4.00.